The van der Waals surface area contributed by atoms with Crippen molar-refractivity contribution in [1.29, 1.82) is 0 Å². The van der Waals surface area contributed by atoms with Gasteiger partial charge in [0, 0.05) is 17.8 Å². The van der Waals surface area contributed by atoms with Crippen LogP contribution in [0.1, 0.15) is 34.3 Å². The molecule has 0 atom stereocenters. The Morgan fingerprint density at radius 3 is 2.81 bits per heavy atom. The maximum atomic E-state index is 11.9. The molecule has 1 heterocycles. The molecule has 2 aromatic rings. The molecule has 0 radical (unpaired) electrons. The van der Waals surface area contributed by atoms with Gasteiger partial charge in [0.2, 0.25) is 11.8 Å². The third kappa shape index (κ3) is 3.78. The van der Waals surface area contributed by atoms with Gasteiger partial charge in [-0.15, -0.1) is 5.10 Å². The number of benzene rings is 1. The van der Waals surface area contributed by atoms with Gasteiger partial charge in [0.15, 0.2) is 0 Å². The van der Waals surface area contributed by atoms with E-state index in [0.29, 0.717) is 17.8 Å². The Labute approximate surface area is 121 Å². The first-order valence-corrected chi connectivity index (χ1v) is 6.47. The van der Waals surface area contributed by atoms with Crippen LogP contribution in [-0.2, 0) is 0 Å². The minimum absolute atomic E-state index is 0.00663. The first kappa shape index (κ1) is 14.5. The minimum atomic E-state index is -0.481. The van der Waals surface area contributed by atoms with Crippen LogP contribution in [0.15, 0.2) is 24.3 Å². The van der Waals surface area contributed by atoms with Crippen molar-refractivity contribution >= 4 is 23.5 Å². The van der Waals surface area contributed by atoms with E-state index in [1.807, 2.05) is 6.92 Å². The molecule has 8 heteroatoms. The molecule has 0 fully saturated rings. The number of carbonyl (C=O) groups is 2. The van der Waals surface area contributed by atoms with Crippen molar-refractivity contribution in [2.45, 2.75) is 13.3 Å². The lowest BCUT2D eigenvalue weighted by molar-refractivity contribution is 0.0952. The zero-order valence-corrected chi connectivity index (χ0v) is 11.5. The fourth-order valence-corrected chi connectivity index (χ4v) is 1.65. The van der Waals surface area contributed by atoms with Crippen molar-refractivity contribution in [3.05, 3.63) is 35.7 Å². The fourth-order valence-electron chi connectivity index (χ4n) is 1.65. The summed E-state index contributed by atoms with van der Waals surface area (Å²) in [7, 11) is 0. The van der Waals surface area contributed by atoms with Gasteiger partial charge in [-0.2, -0.15) is 4.98 Å². The lowest BCUT2D eigenvalue weighted by Gasteiger charge is -2.06. The highest BCUT2D eigenvalue weighted by molar-refractivity contribution is 6.02. The molecule has 0 saturated heterocycles. The number of rotatable bonds is 5. The highest BCUT2D eigenvalue weighted by atomic mass is 16.2. The number of nitrogens with two attached hydrogens (primary N) is 1. The SMILES string of the molecule is CCCNC(=O)c1cccc(NC(=O)c2nc(N)n[nH]2)c1. The molecule has 0 saturated carbocycles. The Hall–Kier alpha value is -2.90. The quantitative estimate of drug-likeness (QED) is 0.646. The second kappa shape index (κ2) is 6.51. The van der Waals surface area contributed by atoms with E-state index >= 15 is 0 Å². The average molecular weight is 288 g/mol. The van der Waals surface area contributed by atoms with Crippen molar-refractivity contribution in [2.75, 3.05) is 17.6 Å². The number of aromatic amines is 1. The third-order valence-electron chi connectivity index (χ3n) is 2.64. The molecule has 0 bridgehead atoms. The highest BCUT2D eigenvalue weighted by Crippen LogP contribution is 2.11. The summed E-state index contributed by atoms with van der Waals surface area (Å²) in [6.07, 6.45) is 0.856. The first-order valence-electron chi connectivity index (χ1n) is 6.47. The van der Waals surface area contributed by atoms with E-state index in [9.17, 15) is 9.59 Å². The zero-order valence-electron chi connectivity index (χ0n) is 11.5. The van der Waals surface area contributed by atoms with E-state index in [1.54, 1.807) is 24.3 Å². The Morgan fingerprint density at radius 1 is 1.33 bits per heavy atom. The van der Waals surface area contributed by atoms with E-state index < -0.39 is 5.91 Å². The Morgan fingerprint density at radius 2 is 2.14 bits per heavy atom. The predicted molar refractivity (Wildman–Crippen MR) is 77.8 cm³/mol. The van der Waals surface area contributed by atoms with Crippen LogP contribution in [-0.4, -0.2) is 33.5 Å². The molecule has 110 valence electrons. The molecule has 21 heavy (non-hydrogen) atoms. The van der Waals surface area contributed by atoms with E-state index in [1.165, 1.54) is 0 Å². The van der Waals surface area contributed by atoms with E-state index in [2.05, 4.69) is 25.8 Å². The first-order chi connectivity index (χ1) is 10.1. The van der Waals surface area contributed by atoms with Crippen LogP contribution in [0, 0.1) is 0 Å². The Balaban J connectivity index is 2.07. The molecule has 0 aliphatic heterocycles. The predicted octanol–water partition coefficient (Wildman–Crippen LogP) is 0.779. The van der Waals surface area contributed by atoms with Gasteiger partial charge in [-0.3, -0.25) is 14.7 Å². The van der Waals surface area contributed by atoms with Crippen LogP contribution in [0.5, 0.6) is 0 Å². The molecule has 2 amide bonds. The van der Waals surface area contributed by atoms with Gasteiger partial charge in [0.05, 0.1) is 0 Å². The number of hydrogen-bond acceptors (Lipinski definition) is 5. The van der Waals surface area contributed by atoms with Crippen LogP contribution in [0.2, 0.25) is 0 Å². The number of nitrogens with one attached hydrogen (secondary N) is 3. The van der Waals surface area contributed by atoms with Gasteiger partial charge in [-0.05, 0) is 24.6 Å². The van der Waals surface area contributed by atoms with E-state index in [0.717, 1.165) is 6.42 Å². The van der Waals surface area contributed by atoms with Crippen LogP contribution in [0.4, 0.5) is 11.6 Å². The molecule has 5 N–H and O–H groups in total. The molecule has 0 aliphatic rings. The van der Waals surface area contributed by atoms with Gasteiger partial charge < -0.3 is 16.4 Å². The number of amides is 2. The van der Waals surface area contributed by atoms with Crippen molar-refractivity contribution in [3.8, 4) is 0 Å². The van der Waals surface area contributed by atoms with Gasteiger partial charge in [-0.25, -0.2) is 0 Å². The van der Waals surface area contributed by atoms with E-state index in [4.69, 9.17) is 5.73 Å². The summed E-state index contributed by atoms with van der Waals surface area (Å²) in [6.45, 7) is 2.58. The molecule has 0 unspecified atom stereocenters. The van der Waals surface area contributed by atoms with E-state index in [-0.39, 0.29) is 17.7 Å². The maximum Gasteiger partial charge on any atom is 0.293 e. The third-order valence-corrected chi connectivity index (χ3v) is 2.64. The number of nitrogen functional groups attached to an aromatic ring is 1. The van der Waals surface area contributed by atoms with Crippen LogP contribution in [0.3, 0.4) is 0 Å². The van der Waals surface area contributed by atoms with Crippen LogP contribution in [0.25, 0.3) is 0 Å². The molecule has 1 aromatic carbocycles. The lowest BCUT2D eigenvalue weighted by Crippen LogP contribution is -2.24. The van der Waals surface area contributed by atoms with Crippen LogP contribution < -0.4 is 16.4 Å². The monoisotopic (exact) mass is 288 g/mol. The van der Waals surface area contributed by atoms with Gasteiger partial charge in [0.25, 0.3) is 11.8 Å². The lowest BCUT2D eigenvalue weighted by atomic mass is 10.2. The summed E-state index contributed by atoms with van der Waals surface area (Å²) in [5.74, 6) is -0.664. The summed E-state index contributed by atoms with van der Waals surface area (Å²) < 4.78 is 0. The standard InChI is InChI=1S/C13H16N6O2/c1-2-6-15-11(20)8-4-3-5-9(7-8)16-12(21)10-17-13(14)19-18-10/h3-5,7H,2,6H2,1H3,(H,15,20)(H,16,21)(H3,14,17,18,19). The molecular formula is C13H16N6O2. The van der Waals surface area contributed by atoms with Gasteiger partial charge in [-0.1, -0.05) is 13.0 Å². The minimum Gasteiger partial charge on any atom is -0.366 e. The number of hydrogen-bond donors (Lipinski definition) is 4. The normalized spacial score (nSPS) is 10.1. The van der Waals surface area contributed by atoms with Crippen molar-refractivity contribution in [3.63, 3.8) is 0 Å². The molecule has 8 nitrogen and oxygen atoms in total. The topological polar surface area (TPSA) is 126 Å². The average Bonchev–Trinajstić information content (AvgIpc) is 2.91. The van der Waals surface area contributed by atoms with Gasteiger partial charge in [0.1, 0.15) is 0 Å². The zero-order chi connectivity index (χ0) is 15.2. The van der Waals surface area contributed by atoms with Crippen molar-refractivity contribution in [1.82, 2.24) is 20.5 Å². The number of nitrogens with zero attached hydrogens (tertiary/aromatic N) is 2. The smallest absolute Gasteiger partial charge is 0.293 e. The molecule has 0 aliphatic carbocycles. The largest absolute Gasteiger partial charge is 0.366 e. The van der Waals surface area contributed by atoms with Gasteiger partial charge >= 0.3 is 0 Å². The second-order valence-corrected chi connectivity index (χ2v) is 4.33. The van der Waals surface area contributed by atoms with Crippen molar-refractivity contribution < 1.29 is 9.59 Å². The molecule has 2 rings (SSSR count). The Kier molecular flexibility index (Phi) is 4.50. The summed E-state index contributed by atoms with van der Waals surface area (Å²) >= 11 is 0. The summed E-state index contributed by atoms with van der Waals surface area (Å²) in [4.78, 5) is 27.5. The fraction of sp³-hybridized carbons (Fsp3) is 0.231. The second-order valence-electron chi connectivity index (χ2n) is 4.33. The molecular weight excluding hydrogens is 272 g/mol. The summed E-state index contributed by atoms with van der Waals surface area (Å²) in [6, 6.07) is 6.62. The Bertz CT molecular complexity index is 652. The molecule has 0 spiro atoms. The molecule has 1 aromatic heterocycles. The summed E-state index contributed by atoms with van der Waals surface area (Å²) in [5.41, 5.74) is 6.29. The maximum absolute atomic E-state index is 11.9. The van der Waals surface area contributed by atoms with Crippen molar-refractivity contribution in [2.24, 2.45) is 0 Å². The number of aromatic nitrogens is 3. The van der Waals surface area contributed by atoms with Crippen LogP contribution >= 0.6 is 0 Å². The number of H-pyrrole nitrogens is 1. The summed E-state index contributed by atoms with van der Waals surface area (Å²) in [5, 5.41) is 11.4. The highest BCUT2D eigenvalue weighted by Gasteiger charge is 2.12. The number of anilines is 2. The number of carbonyl (C=O) groups excluding carboxylic acids is 2.